The second kappa shape index (κ2) is 6.27. The van der Waals surface area contributed by atoms with Crippen molar-refractivity contribution in [3.8, 4) is 0 Å². The zero-order valence-corrected chi connectivity index (χ0v) is 12.5. The number of fused-ring (bicyclic) bond motifs is 1. The van der Waals surface area contributed by atoms with E-state index >= 15 is 0 Å². The molecule has 0 saturated carbocycles. The monoisotopic (exact) mass is 309 g/mol. The van der Waals surface area contributed by atoms with E-state index in [9.17, 15) is 9.59 Å². The van der Waals surface area contributed by atoms with E-state index in [1.165, 1.54) is 6.92 Å². The van der Waals surface area contributed by atoms with E-state index < -0.39 is 0 Å². The number of anilines is 1. The van der Waals surface area contributed by atoms with Crippen LogP contribution in [0, 0.1) is 0 Å². The second-order valence-electron chi connectivity index (χ2n) is 4.99. The first-order valence-corrected chi connectivity index (χ1v) is 7.08. The van der Waals surface area contributed by atoms with E-state index in [2.05, 4.69) is 20.8 Å². The highest BCUT2D eigenvalue weighted by molar-refractivity contribution is 5.96. The summed E-state index contributed by atoms with van der Waals surface area (Å²) in [6.07, 6.45) is 1.83. The number of Topliss-reactive ketones (excluding diaryl/α,β-unsaturated/α-hetero) is 1. The molecule has 0 aliphatic rings. The van der Waals surface area contributed by atoms with Gasteiger partial charge in [0.05, 0.1) is 6.54 Å². The van der Waals surface area contributed by atoms with Crippen LogP contribution in [-0.2, 0) is 6.54 Å². The van der Waals surface area contributed by atoms with Crippen molar-refractivity contribution in [2.75, 3.05) is 5.32 Å². The van der Waals surface area contributed by atoms with Crippen molar-refractivity contribution in [2.45, 2.75) is 13.5 Å². The van der Waals surface area contributed by atoms with Crippen LogP contribution < -0.4 is 10.6 Å². The van der Waals surface area contributed by atoms with Gasteiger partial charge in [-0.2, -0.15) is 0 Å². The van der Waals surface area contributed by atoms with Gasteiger partial charge in [0, 0.05) is 17.4 Å². The first-order valence-electron chi connectivity index (χ1n) is 7.08. The Balaban J connectivity index is 1.64. The number of carbonyl (C=O) groups is 2. The normalized spacial score (nSPS) is 10.5. The van der Waals surface area contributed by atoms with Gasteiger partial charge in [-0.05, 0) is 31.2 Å². The quantitative estimate of drug-likeness (QED) is 0.723. The van der Waals surface area contributed by atoms with Crippen LogP contribution in [0.25, 0.3) is 5.65 Å². The molecule has 1 aromatic carbocycles. The Hall–Kier alpha value is -3.22. The second-order valence-corrected chi connectivity index (χ2v) is 4.99. The van der Waals surface area contributed by atoms with Gasteiger partial charge in [-0.25, -0.2) is 4.79 Å². The molecule has 0 aliphatic heterocycles. The fraction of sp³-hybridized carbons (Fsp3) is 0.125. The first-order chi connectivity index (χ1) is 11.1. The molecule has 0 atom stereocenters. The number of nitrogens with one attached hydrogen (secondary N) is 2. The Morgan fingerprint density at radius 3 is 2.83 bits per heavy atom. The standard InChI is InChI=1S/C16H15N5O2/c1-11(22)12-5-4-6-13(9-12)18-16(23)17-10-15-20-19-14-7-2-3-8-21(14)15/h2-9H,10H2,1H3,(H2,17,18,23). The average molecular weight is 309 g/mol. The molecule has 0 aliphatic carbocycles. The minimum atomic E-state index is -0.376. The molecule has 3 rings (SSSR count). The molecule has 2 amide bonds. The van der Waals surface area contributed by atoms with Gasteiger partial charge in [0.1, 0.15) is 0 Å². The van der Waals surface area contributed by atoms with Gasteiger partial charge in [0.25, 0.3) is 0 Å². The number of urea groups is 1. The van der Waals surface area contributed by atoms with Crippen molar-refractivity contribution in [2.24, 2.45) is 0 Å². The summed E-state index contributed by atoms with van der Waals surface area (Å²) >= 11 is 0. The third kappa shape index (κ3) is 3.34. The van der Waals surface area contributed by atoms with Crippen molar-refractivity contribution in [1.82, 2.24) is 19.9 Å². The predicted octanol–water partition coefficient (Wildman–Crippen LogP) is 2.25. The highest BCUT2D eigenvalue weighted by Gasteiger charge is 2.08. The SMILES string of the molecule is CC(=O)c1cccc(NC(=O)NCc2nnc3ccccn23)c1. The van der Waals surface area contributed by atoms with Gasteiger partial charge < -0.3 is 10.6 Å². The number of pyridine rings is 1. The van der Waals surface area contributed by atoms with Gasteiger partial charge in [-0.3, -0.25) is 9.20 Å². The Bertz CT molecular complexity index is 872. The van der Waals surface area contributed by atoms with E-state index in [0.29, 0.717) is 17.1 Å². The third-order valence-electron chi connectivity index (χ3n) is 3.32. The lowest BCUT2D eigenvalue weighted by atomic mass is 10.1. The molecule has 0 spiro atoms. The zero-order valence-electron chi connectivity index (χ0n) is 12.5. The van der Waals surface area contributed by atoms with E-state index in [-0.39, 0.29) is 18.4 Å². The molecule has 23 heavy (non-hydrogen) atoms. The molecule has 0 unspecified atom stereocenters. The Labute approximate surface area is 132 Å². The maximum atomic E-state index is 12.0. The zero-order chi connectivity index (χ0) is 16.2. The van der Waals surface area contributed by atoms with E-state index in [0.717, 1.165) is 5.65 Å². The first kappa shape index (κ1) is 14.7. The fourth-order valence-corrected chi connectivity index (χ4v) is 2.16. The lowest BCUT2D eigenvalue weighted by Crippen LogP contribution is -2.29. The van der Waals surface area contributed by atoms with Crippen molar-refractivity contribution >= 4 is 23.1 Å². The number of carbonyl (C=O) groups excluding carboxylic acids is 2. The van der Waals surface area contributed by atoms with Crippen LogP contribution in [0.5, 0.6) is 0 Å². The highest BCUT2D eigenvalue weighted by Crippen LogP contribution is 2.11. The van der Waals surface area contributed by atoms with E-state index in [1.807, 2.05) is 24.4 Å². The molecule has 2 aromatic heterocycles. The number of aromatic nitrogens is 3. The molecular weight excluding hydrogens is 294 g/mol. The summed E-state index contributed by atoms with van der Waals surface area (Å²) in [5.41, 5.74) is 1.83. The van der Waals surface area contributed by atoms with Crippen LogP contribution in [0.15, 0.2) is 48.7 Å². The van der Waals surface area contributed by atoms with Crippen LogP contribution in [0.4, 0.5) is 10.5 Å². The third-order valence-corrected chi connectivity index (χ3v) is 3.32. The van der Waals surface area contributed by atoms with E-state index in [4.69, 9.17) is 0 Å². The maximum Gasteiger partial charge on any atom is 0.319 e. The molecular formula is C16H15N5O2. The fourth-order valence-electron chi connectivity index (χ4n) is 2.16. The van der Waals surface area contributed by atoms with Crippen molar-refractivity contribution in [3.63, 3.8) is 0 Å². The molecule has 7 heteroatoms. The minimum Gasteiger partial charge on any atom is -0.331 e. The molecule has 0 saturated heterocycles. The average Bonchev–Trinajstić information content (AvgIpc) is 2.96. The number of hydrogen-bond acceptors (Lipinski definition) is 4. The summed E-state index contributed by atoms with van der Waals surface area (Å²) in [6.45, 7) is 1.72. The van der Waals surface area contributed by atoms with Gasteiger partial charge in [-0.1, -0.05) is 18.2 Å². The summed E-state index contributed by atoms with van der Waals surface area (Å²) in [5.74, 6) is 0.581. The summed E-state index contributed by atoms with van der Waals surface area (Å²) in [4.78, 5) is 23.3. The summed E-state index contributed by atoms with van der Waals surface area (Å²) in [6, 6.07) is 12.0. The predicted molar refractivity (Wildman–Crippen MR) is 85.3 cm³/mol. The van der Waals surface area contributed by atoms with Crippen molar-refractivity contribution < 1.29 is 9.59 Å². The summed E-state index contributed by atoms with van der Waals surface area (Å²) in [7, 11) is 0. The van der Waals surface area contributed by atoms with Crippen molar-refractivity contribution in [3.05, 3.63) is 60.0 Å². The maximum absolute atomic E-state index is 12.0. The van der Waals surface area contributed by atoms with Gasteiger partial charge in [-0.15, -0.1) is 10.2 Å². The topological polar surface area (TPSA) is 88.4 Å². The Kier molecular flexibility index (Phi) is 4.01. The Morgan fingerprint density at radius 1 is 1.13 bits per heavy atom. The number of nitrogens with zero attached hydrogens (tertiary/aromatic N) is 3. The molecule has 2 N–H and O–H groups in total. The molecule has 116 valence electrons. The largest absolute Gasteiger partial charge is 0.331 e. The lowest BCUT2D eigenvalue weighted by molar-refractivity contribution is 0.101. The van der Waals surface area contributed by atoms with Gasteiger partial charge in [0.2, 0.25) is 0 Å². The molecule has 0 fully saturated rings. The Morgan fingerprint density at radius 2 is 2.00 bits per heavy atom. The summed E-state index contributed by atoms with van der Waals surface area (Å²) in [5, 5.41) is 13.5. The number of benzene rings is 1. The van der Waals surface area contributed by atoms with Crippen LogP contribution in [0.1, 0.15) is 23.1 Å². The number of amides is 2. The smallest absolute Gasteiger partial charge is 0.319 e. The van der Waals surface area contributed by atoms with Crippen LogP contribution in [-0.4, -0.2) is 26.4 Å². The van der Waals surface area contributed by atoms with E-state index in [1.54, 1.807) is 28.7 Å². The lowest BCUT2D eigenvalue weighted by Gasteiger charge is -2.07. The number of rotatable bonds is 4. The molecule has 7 nitrogen and oxygen atoms in total. The van der Waals surface area contributed by atoms with Crippen molar-refractivity contribution in [1.29, 1.82) is 0 Å². The van der Waals surface area contributed by atoms with Crippen LogP contribution in [0.3, 0.4) is 0 Å². The molecule has 3 aromatic rings. The molecule has 2 heterocycles. The number of ketones is 1. The summed E-state index contributed by atoms with van der Waals surface area (Å²) < 4.78 is 1.80. The van der Waals surface area contributed by atoms with Crippen LogP contribution in [0.2, 0.25) is 0 Å². The van der Waals surface area contributed by atoms with Gasteiger partial charge >= 0.3 is 6.03 Å². The minimum absolute atomic E-state index is 0.0519. The molecule has 0 bridgehead atoms. The van der Waals surface area contributed by atoms with Gasteiger partial charge in [0.15, 0.2) is 17.3 Å². The highest BCUT2D eigenvalue weighted by atomic mass is 16.2. The molecule has 0 radical (unpaired) electrons. The number of hydrogen-bond donors (Lipinski definition) is 2. The van der Waals surface area contributed by atoms with Crippen LogP contribution >= 0.6 is 0 Å².